The first-order valence-corrected chi connectivity index (χ1v) is 5.27. The molecule has 0 aliphatic rings. The van der Waals surface area contributed by atoms with E-state index in [4.69, 9.17) is 9.84 Å². The summed E-state index contributed by atoms with van der Waals surface area (Å²) in [5.41, 5.74) is 0.0935. The Morgan fingerprint density at radius 2 is 1.56 bits per heavy atom. The Bertz CT molecular complexity index is 575. The maximum absolute atomic E-state index is 11.3. The van der Waals surface area contributed by atoms with Crippen molar-refractivity contribution in [3.63, 3.8) is 0 Å². The van der Waals surface area contributed by atoms with Crippen LogP contribution in [0.3, 0.4) is 0 Å². The molecule has 0 fully saturated rings. The smallest absolute Gasteiger partial charge is 0.377 e. The molecule has 0 atom stereocenters. The lowest BCUT2D eigenvalue weighted by atomic mass is 10.1. The van der Waals surface area contributed by atoms with Gasteiger partial charge < -0.3 is 9.84 Å². The number of ether oxygens (including phenoxy) is 1. The van der Waals surface area contributed by atoms with Crippen molar-refractivity contribution in [1.82, 2.24) is 0 Å². The number of hydrogen-bond donors (Lipinski definition) is 1. The Balaban J connectivity index is 2.23. The van der Waals surface area contributed by atoms with Gasteiger partial charge in [0.1, 0.15) is 11.5 Å². The molecule has 0 saturated heterocycles. The second kappa shape index (κ2) is 5.14. The Hall–Kier alpha value is -2.62. The van der Waals surface area contributed by atoms with E-state index < -0.39 is 11.8 Å². The lowest BCUT2D eigenvalue weighted by Crippen LogP contribution is -2.12. The van der Waals surface area contributed by atoms with Crippen molar-refractivity contribution in [2.45, 2.75) is 0 Å². The summed E-state index contributed by atoms with van der Waals surface area (Å²) in [5, 5.41) is 8.63. The largest absolute Gasteiger partial charge is 0.475 e. The predicted octanol–water partition coefficient (Wildman–Crippen LogP) is 2.75. The van der Waals surface area contributed by atoms with Gasteiger partial charge in [-0.25, -0.2) is 4.79 Å². The van der Waals surface area contributed by atoms with Gasteiger partial charge in [0.15, 0.2) is 0 Å². The Morgan fingerprint density at radius 3 is 2.22 bits per heavy atom. The van der Waals surface area contributed by atoms with Gasteiger partial charge in [0, 0.05) is 5.56 Å². The van der Waals surface area contributed by atoms with E-state index in [0.29, 0.717) is 11.5 Å². The summed E-state index contributed by atoms with van der Waals surface area (Å²) < 4.78 is 5.50. The van der Waals surface area contributed by atoms with E-state index in [1.54, 1.807) is 24.3 Å². The van der Waals surface area contributed by atoms with E-state index in [0.717, 1.165) is 0 Å². The zero-order valence-corrected chi connectivity index (χ0v) is 9.37. The average Bonchev–Trinajstić information content (AvgIpc) is 2.39. The third kappa shape index (κ3) is 2.74. The van der Waals surface area contributed by atoms with Crippen molar-refractivity contribution in [1.29, 1.82) is 0 Å². The molecule has 0 bridgehead atoms. The number of aliphatic carboxylic acids is 1. The number of carboxylic acid groups (broad SMARTS) is 1. The minimum absolute atomic E-state index is 0.0935. The van der Waals surface area contributed by atoms with Gasteiger partial charge in [0.25, 0.3) is 5.78 Å². The summed E-state index contributed by atoms with van der Waals surface area (Å²) in [6.07, 6.45) is 0. The third-order valence-corrected chi connectivity index (χ3v) is 2.27. The van der Waals surface area contributed by atoms with Crippen molar-refractivity contribution in [3.8, 4) is 11.5 Å². The van der Waals surface area contributed by atoms with Crippen LogP contribution in [0.15, 0.2) is 54.6 Å². The zero-order valence-electron chi connectivity index (χ0n) is 9.37. The van der Waals surface area contributed by atoms with Gasteiger partial charge in [-0.2, -0.15) is 0 Å². The molecule has 0 saturated carbocycles. The van der Waals surface area contributed by atoms with E-state index in [2.05, 4.69) is 0 Å². The Labute approximate surface area is 103 Å². The zero-order chi connectivity index (χ0) is 13.0. The number of para-hydroxylation sites is 1. The van der Waals surface area contributed by atoms with Crippen molar-refractivity contribution in [2.75, 3.05) is 0 Å². The topological polar surface area (TPSA) is 63.6 Å². The number of benzene rings is 2. The second-order valence-electron chi connectivity index (χ2n) is 3.58. The summed E-state index contributed by atoms with van der Waals surface area (Å²) in [5.74, 6) is -1.38. The SMILES string of the molecule is O=C(O)C(=O)c1cccc(Oc2ccccc2)c1. The van der Waals surface area contributed by atoms with Crippen molar-refractivity contribution in [3.05, 3.63) is 60.2 Å². The van der Waals surface area contributed by atoms with Crippen LogP contribution >= 0.6 is 0 Å². The van der Waals surface area contributed by atoms with Crippen molar-refractivity contribution < 1.29 is 19.4 Å². The molecule has 0 unspecified atom stereocenters. The normalized spacial score (nSPS) is 9.78. The number of carboxylic acids is 1. The number of carbonyl (C=O) groups excluding carboxylic acids is 1. The van der Waals surface area contributed by atoms with E-state index in [9.17, 15) is 9.59 Å². The van der Waals surface area contributed by atoms with E-state index in [1.807, 2.05) is 18.2 Å². The van der Waals surface area contributed by atoms with Crippen molar-refractivity contribution in [2.24, 2.45) is 0 Å². The molecule has 18 heavy (non-hydrogen) atoms. The van der Waals surface area contributed by atoms with Crippen LogP contribution in [0.2, 0.25) is 0 Å². The second-order valence-corrected chi connectivity index (χ2v) is 3.58. The molecule has 0 aliphatic heterocycles. The molecule has 4 heteroatoms. The molecule has 1 N–H and O–H groups in total. The van der Waals surface area contributed by atoms with Crippen molar-refractivity contribution >= 4 is 11.8 Å². The first-order chi connectivity index (χ1) is 8.66. The van der Waals surface area contributed by atoms with Crippen LogP contribution in [0.4, 0.5) is 0 Å². The van der Waals surface area contributed by atoms with Crippen LogP contribution < -0.4 is 4.74 Å². The first-order valence-electron chi connectivity index (χ1n) is 5.27. The van der Waals surface area contributed by atoms with Gasteiger partial charge in [-0.1, -0.05) is 30.3 Å². The monoisotopic (exact) mass is 242 g/mol. The highest BCUT2D eigenvalue weighted by molar-refractivity contribution is 6.39. The molecular formula is C14H10O4. The fourth-order valence-electron chi connectivity index (χ4n) is 1.45. The Morgan fingerprint density at radius 1 is 0.889 bits per heavy atom. The van der Waals surface area contributed by atoms with Gasteiger partial charge in [-0.15, -0.1) is 0 Å². The van der Waals surface area contributed by atoms with Crippen LogP contribution in [-0.4, -0.2) is 16.9 Å². The van der Waals surface area contributed by atoms with Gasteiger partial charge in [0.2, 0.25) is 0 Å². The third-order valence-electron chi connectivity index (χ3n) is 2.27. The molecule has 0 spiro atoms. The van der Waals surface area contributed by atoms with Gasteiger partial charge in [-0.3, -0.25) is 4.79 Å². The fraction of sp³-hybridized carbons (Fsp3) is 0. The van der Waals surface area contributed by atoms with E-state index in [-0.39, 0.29) is 5.56 Å². The number of ketones is 1. The molecule has 0 aromatic heterocycles. The summed E-state index contributed by atoms with van der Waals surface area (Å²) in [6.45, 7) is 0. The summed E-state index contributed by atoms with van der Waals surface area (Å²) >= 11 is 0. The van der Waals surface area contributed by atoms with Crippen LogP contribution in [0.1, 0.15) is 10.4 Å². The highest BCUT2D eigenvalue weighted by Gasteiger charge is 2.14. The predicted molar refractivity (Wildman–Crippen MR) is 64.9 cm³/mol. The van der Waals surface area contributed by atoms with Gasteiger partial charge in [-0.05, 0) is 24.3 Å². The van der Waals surface area contributed by atoms with Crippen LogP contribution in [0, 0.1) is 0 Å². The number of rotatable bonds is 4. The minimum atomic E-state index is -1.48. The van der Waals surface area contributed by atoms with E-state index >= 15 is 0 Å². The number of hydrogen-bond acceptors (Lipinski definition) is 3. The lowest BCUT2D eigenvalue weighted by molar-refractivity contribution is -0.131. The number of Topliss-reactive ketones (excluding diaryl/α,β-unsaturated/α-hetero) is 1. The quantitative estimate of drug-likeness (QED) is 0.661. The molecule has 4 nitrogen and oxygen atoms in total. The average molecular weight is 242 g/mol. The molecule has 0 radical (unpaired) electrons. The summed E-state index contributed by atoms with van der Waals surface area (Å²) in [7, 11) is 0. The highest BCUT2D eigenvalue weighted by Crippen LogP contribution is 2.21. The lowest BCUT2D eigenvalue weighted by Gasteiger charge is -2.06. The highest BCUT2D eigenvalue weighted by atomic mass is 16.5. The summed E-state index contributed by atoms with van der Waals surface area (Å²) in [4.78, 5) is 21.9. The van der Waals surface area contributed by atoms with E-state index in [1.165, 1.54) is 12.1 Å². The standard InChI is InChI=1S/C14H10O4/c15-13(14(16)17)10-5-4-8-12(9-10)18-11-6-2-1-3-7-11/h1-9H,(H,16,17). The molecule has 2 aromatic carbocycles. The maximum atomic E-state index is 11.3. The minimum Gasteiger partial charge on any atom is -0.475 e. The first kappa shape index (κ1) is 11.9. The molecule has 0 aliphatic carbocycles. The number of carbonyl (C=O) groups is 2. The van der Waals surface area contributed by atoms with Crippen LogP contribution in [0.25, 0.3) is 0 Å². The fourth-order valence-corrected chi connectivity index (χ4v) is 1.45. The molecule has 90 valence electrons. The van der Waals surface area contributed by atoms with Crippen LogP contribution in [-0.2, 0) is 4.79 Å². The van der Waals surface area contributed by atoms with Gasteiger partial charge in [0.05, 0.1) is 0 Å². The molecular weight excluding hydrogens is 232 g/mol. The maximum Gasteiger partial charge on any atom is 0.377 e. The molecule has 2 aromatic rings. The summed E-state index contributed by atoms with van der Waals surface area (Å²) in [6, 6.07) is 15.1. The molecule has 0 amide bonds. The van der Waals surface area contributed by atoms with Gasteiger partial charge >= 0.3 is 5.97 Å². The Kier molecular flexibility index (Phi) is 3.38. The van der Waals surface area contributed by atoms with Crippen LogP contribution in [0.5, 0.6) is 11.5 Å². The molecule has 2 rings (SSSR count). The molecule has 0 heterocycles.